The van der Waals surface area contributed by atoms with Gasteiger partial charge in [0.2, 0.25) is 21.8 Å². The second-order valence-corrected chi connectivity index (χ2v) is 12.7. The third-order valence-corrected chi connectivity index (χ3v) is 8.47. The van der Waals surface area contributed by atoms with Crippen LogP contribution in [0.3, 0.4) is 0 Å². The van der Waals surface area contributed by atoms with Gasteiger partial charge in [-0.2, -0.15) is 0 Å². The Hall–Kier alpha value is -3.27. The van der Waals surface area contributed by atoms with Crippen molar-refractivity contribution in [2.75, 3.05) is 23.7 Å². The molecule has 8 nitrogen and oxygen atoms in total. The highest BCUT2D eigenvalue weighted by Gasteiger charge is 2.33. The number of benzene rings is 3. The van der Waals surface area contributed by atoms with Crippen LogP contribution in [0.5, 0.6) is 5.75 Å². The summed E-state index contributed by atoms with van der Waals surface area (Å²) in [5, 5.41) is 3.75. The molecule has 42 heavy (non-hydrogen) atoms. The molecule has 0 saturated heterocycles. The first-order chi connectivity index (χ1) is 19.9. The monoisotopic (exact) mass is 633 g/mol. The first-order valence-corrected chi connectivity index (χ1v) is 16.3. The van der Waals surface area contributed by atoms with Crippen LogP contribution < -0.4 is 14.4 Å². The minimum Gasteiger partial charge on any atom is -0.494 e. The zero-order chi connectivity index (χ0) is 30.9. The molecule has 2 amide bonds. The van der Waals surface area contributed by atoms with Gasteiger partial charge in [-0.25, -0.2) is 8.42 Å². The number of anilines is 1. The van der Waals surface area contributed by atoms with Crippen LogP contribution in [0.2, 0.25) is 10.0 Å². The molecule has 0 aliphatic rings. The van der Waals surface area contributed by atoms with E-state index in [1.165, 1.54) is 4.90 Å². The highest BCUT2D eigenvalue weighted by atomic mass is 35.5. The van der Waals surface area contributed by atoms with E-state index in [2.05, 4.69) is 5.32 Å². The van der Waals surface area contributed by atoms with Gasteiger partial charge in [0.25, 0.3) is 0 Å². The summed E-state index contributed by atoms with van der Waals surface area (Å²) >= 11 is 12.6. The number of carbonyl (C=O) groups is 2. The Balaban J connectivity index is 2.07. The average molecular weight is 635 g/mol. The molecule has 226 valence electrons. The van der Waals surface area contributed by atoms with E-state index in [-0.39, 0.29) is 24.9 Å². The van der Waals surface area contributed by atoms with Gasteiger partial charge in [0.15, 0.2) is 0 Å². The number of amides is 2. The van der Waals surface area contributed by atoms with E-state index < -0.39 is 28.5 Å². The molecule has 2 atom stereocenters. The van der Waals surface area contributed by atoms with E-state index >= 15 is 0 Å². The zero-order valence-electron chi connectivity index (χ0n) is 24.2. The van der Waals surface area contributed by atoms with Gasteiger partial charge in [0, 0.05) is 29.1 Å². The van der Waals surface area contributed by atoms with E-state index in [0.717, 1.165) is 16.1 Å². The van der Waals surface area contributed by atoms with Crippen molar-refractivity contribution in [2.24, 2.45) is 0 Å². The molecular weight excluding hydrogens is 597 g/mol. The maximum Gasteiger partial charge on any atom is 0.244 e. The lowest BCUT2D eigenvalue weighted by Crippen LogP contribution is -2.54. The number of nitrogens with zero attached hydrogens (tertiary/aromatic N) is 2. The van der Waals surface area contributed by atoms with E-state index in [1.807, 2.05) is 51.1 Å². The fourth-order valence-electron chi connectivity index (χ4n) is 4.32. The number of nitrogens with one attached hydrogen (secondary N) is 1. The molecule has 1 N–H and O–H groups in total. The summed E-state index contributed by atoms with van der Waals surface area (Å²) in [6, 6.07) is 19.6. The van der Waals surface area contributed by atoms with Crippen molar-refractivity contribution in [2.45, 2.75) is 52.2 Å². The first-order valence-electron chi connectivity index (χ1n) is 13.7. The van der Waals surface area contributed by atoms with Gasteiger partial charge in [0.05, 0.1) is 18.6 Å². The van der Waals surface area contributed by atoms with Gasteiger partial charge < -0.3 is 15.0 Å². The van der Waals surface area contributed by atoms with Crippen LogP contribution in [0.25, 0.3) is 0 Å². The molecule has 0 radical (unpaired) electrons. The number of halogens is 2. The van der Waals surface area contributed by atoms with E-state index in [1.54, 1.807) is 42.5 Å². The Morgan fingerprint density at radius 1 is 0.976 bits per heavy atom. The largest absolute Gasteiger partial charge is 0.494 e. The number of hydrogen-bond donors (Lipinski definition) is 1. The van der Waals surface area contributed by atoms with Gasteiger partial charge >= 0.3 is 0 Å². The van der Waals surface area contributed by atoms with Crippen LogP contribution in [-0.2, 0) is 32.6 Å². The molecule has 0 aliphatic heterocycles. The Bertz CT molecular complexity index is 1450. The number of hydrogen-bond acceptors (Lipinski definition) is 5. The highest BCUT2D eigenvalue weighted by molar-refractivity contribution is 7.92. The lowest BCUT2D eigenvalue weighted by atomic mass is 10.0. The topological polar surface area (TPSA) is 96.0 Å². The third-order valence-electron chi connectivity index (χ3n) is 6.74. The molecule has 0 aromatic heterocycles. The molecule has 0 fully saturated rings. The number of rotatable bonds is 14. The quantitative estimate of drug-likeness (QED) is 0.245. The van der Waals surface area contributed by atoms with Crippen LogP contribution in [0.1, 0.15) is 38.3 Å². The minimum atomic E-state index is -3.89. The van der Waals surface area contributed by atoms with Crippen molar-refractivity contribution in [1.29, 1.82) is 0 Å². The maximum atomic E-state index is 14.2. The standard InChI is InChI=1S/C31H37Cl2N3O5S/c1-5-22(3)34-31(38)29(18-23-10-8-7-9-11-23)35(20-24-12-13-25(32)19-28(24)33)30(37)21-36(42(4,39)40)26-14-16-27(17-15-26)41-6-2/h7-17,19,22,29H,5-6,18,20-21H2,1-4H3,(H,34,38). The van der Waals surface area contributed by atoms with Gasteiger partial charge in [-0.1, -0.05) is 66.5 Å². The summed E-state index contributed by atoms with van der Waals surface area (Å²) in [4.78, 5) is 29.3. The van der Waals surface area contributed by atoms with Crippen molar-refractivity contribution in [3.8, 4) is 5.75 Å². The maximum absolute atomic E-state index is 14.2. The van der Waals surface area contributed by atoms with Gasteiger partial charge in [-0.15, -0.1) is 0 Å². The first kappa shape index (κ1) is 33.2. The fraction of sp³-hybridized carbons (Fsp3) is 0.355. The fourth-order valence-corrected chi connectivity index (χ4v) is 5.64. The summed E-state index contributed by atoms with van der Waals surface area (Å²) in [5.41, 5.74) is 1.70. The van der Waals surface area contributed by atoms with Crippen molar-refractivity contribution < 1.29 is 22.7 Å². The molecule has 0 bridgehead atoms. The summed E-state index contributed by atoms with van der Waals surface area (Å²) in [7, 11) is -3.89. The van der Waals surface area contributed by atoms with Gasteiger partial charge in [0.1, 0.15) is 18.3 Å². The van der Waals surface area contributed by atoms with E-state index in [9.17, 15) is 18.0 Å². The second kappa shape index (κ2) is 15.3. The molecule has 3 aromatic rings. The lowest BCUT2D eigenvalue weighted by Gasteiger charge is -2.34. The molecule has 11 heteroatoms. The summed E-state index contributed by atoms with van der Waals surface area (Å²) in [5.74, 6) is -0.344. The normalized spacial score (nSPS) is 12.7. The van der Waals surface area contributed by atoms with Crippen LogP contribution in [0, 0.1) is 0 Å². The van der Waals surface area contributed by atoms with Crippen LogP contribution in [0.15, 0.2) is 72.8 Å². The van der Waals surface area contributed by atoms with Crippen LogP contribution in [0.4, 0.5) is 5.69 Å². The van der Waals surface area contributed by atoms with Crippen LogP contribution >= 0.6 is 23.2 Å². The number of sulfonamides is 1. The van der Waals surface area contributed by atoms with E-state index in [4.69, 9.17) is 27.9 Å². The summed E-state index contributed by atoms with van der Waals surface area (Å²) < 4.78 is 32.4. The molecule has 0 spiro atoms. The predicted octanol–water partition coefficient (Wildman–Crippen LogP) is 5.71. The number of ether oxygens (including phenoxy) is 1. The minimum absolute atomic E-state index is 0.0405. The smallest absolute Gasteiger partial charge is 0.244 e. The second-order valence-electron chi connectivity index (χ2n) is 9.98. The Morgan fingerprint density at radius 3 is 2.21 bits per heavy atom. The highest BCUT2D eigenvalue weighted by Crippen LogP contribution is 2.26. The van der Waals surface area contributed by atoms with Crippen LogP contribution in [-0.4, -0.2) is 56.6 Å². The Kier molecular flexibility index (Phi) is 12.1. The molecule has 0 heterocycles. The predicted molar refractivity (Wildman–Crippen MR) is 169 cm³/mol. The average Bonchev–Trinajstić information content (AvgIpc) is 2.95. The molecule has 0 saturated carbocycles. The third kappa shape index (κ3) is 9.37. The number of carbonyl (C=O) groups excluding carboxylic acids is 2. The SMILES string of the molecule is CCOc1ccc(N(CC(=O)N(Cc2ccc(Cl)cc2Cl)C(Cc2ccccc2)C(=O)NC(C)CC)S(C)(=O)=O)cc1. The van der Waals surface area contributed by atoms with Crippen molar-refractivity contribution >= 4 is 50.7 Å². The van der Waals surface area contributed by atoms with Gasteiger partial charge in [-0.05, 0) is 67.8 Å². The molecule has 0 aliphatic carbocycles. The molecular formula is C31H37Cl2N3O5S. The molecule has 3 aromatic carbocycles. The zero-order valence-corrected chi connectivity index (χ0v) is 26.5. The Labute approximate surface area is 258 Å². The van der Waals surface area contributed by atoms with Crippen molar-refractivity contribution in [3.63, 3.8) is 0 Å². The van der Waals surface area contributed by atoms with Crippen molar-refractivity contribution in [3.05, 3.63) is 94.0 Å². The molecule has 3 rings (SSSR count). The van der Waals surface area contributed by atoms with Gasteiger partial charge in [-0.3, -0.25) is 13.9 Å². The summed E-state index contributed by atoms with van der Waals surface area (Å²) in [6.07, 6.45) is 1.94. The van der Waals surface area contributed by atoms with Crippen molar-refractivity contribution in [1.82, 2.24) is 10.2 Å². The summed E-state index contributed by atoms with van der Waals surface area (Å²) in [6.45, 7) is 5.57. The van der Waals surface area contributed by atoms with E-state index in [0.29, 0.717) is 40.1 Å². The lowest BCUT2D eigenvalue weighted by molar-refractivity contribution is -0.140. The Morgan fingerprint density at radius 2 is 1.64 bits per heavy atom. The molecule has 2 unspecified atom stereocenters.